The summed E-state index contributed by atoms with van der Waals surface area (Å²) in [6, 6.07) is 5.20. The van der Waals surface area contributed by atoms with E-state index in [2.05, 4.69) is 4.98 Å². The molecule has 1 aromatic carbocycles. The van der Waals surface area contributed by atoms with Gasteiger partial charge in [-0.2, -0.15) is 0 Å². The largest absolute Gasteiger partial charge is 0.508 e. The van der Waals surface area contributed by atoms with Gasteiger partial charge in [0.05, 0.1) is 15.4 Å². The second kappa shape index (κ2) is 7.11. The van der Waals surface area contributed by atoms with Gasteiger partial charge in [0, 0.05) is 29.3 Å². The van der Waals surface area contributed by atoms with Crippen LogP contribution in [0.3, 0.4) is 0 Å². The molecule has 1 aliphatic heterocycles. The number of nitro benzene ring substituents is 1. The topological polar surface area (TPSA) is 134 Å². The molecule has 9 nitrogen and oxygen atoms in total. The molecule has 0 spiro atoms. The number of hydrogen-bond donors (Lipinski definition) is 2. The van der Waals surface area contributed by atoms with Crippen LogP contribution < -0.4 is 4.90 Å². The van der Waals surface area contributed by atoms with Crippen molar-refractivity contribution in [2.24, 2.45) is 0 Å². The number of rotatable bonds is 5. The highest BCUT2D eigenvalue weighted by atomic mass is 32.1. The molecule has 3 heterocycles. The van der Waals surface area contributed by atoms with Crippen LogP contribution >= 0.6 is 22.7 Å². The fourth-order valence-corrected chi connectivity index (χ4v) is 4.42. The number of nitro groups is 1. The molecule has 2 N–H and O–H groups in total. The van der Waals surface area contributed by atoms with Crippen molar-refractivity contribution in [3.05, 3.63) is 79.2 Å². The van der Waals surface area contributed by atoms with E-state index >= 15 is 0 Å². The Bertz CT molecular complexity index is 1150. The number of amides is 1. The van der Waals surface area contributed by atoms with Crippen molar-refractivity contribution in [1.29, 1.82) is 0 Å². The summed E-state index contributed by atoms with van der Waals surface area (Å²) < 4.78 is 0. The van der Waals surface area contributed by atoms with Crippen LogP contribution in [0.15, 0.2) is 58.6 Å². The van der Waals surface area contributed by atoms with Crippen molar-refractivity contribution in [1.82, 2.24) is 4.98 Å². The summed E-state index contributed by atoms with van der Waals surface area (Å²) >= 11 is 2.20. The Morgan fingerprint density at radius 1 is 1.21 bits per heavy atom. The third-order valence-corrected chi connectivity index (χ3v) is 5.98. The molecule has 0 bridgehead atoms. The molecule has 11 heteroatoms. The molecule has 0 saturated carbocycles. The second-order valence-electron chi connectivity index (χ2n) is 5.96. The highest BCUT2D eigenvalue weighted by Crippen LogP contribution is 2.46. The third kappa shape index (κ3) is 3.05. The van der Waals surface area contributed by atoms with E-state index in [4.69, 9.17) is 0 Å². The molecule has 2 aromatic heterocycles. The lowest BCUT2D eigenvalue weighted by Gasteiger charge is -2.24. The van der Waals surface area contributed by atoms with E-state index in [1.807, 2.05) is 0 Å². The van der Waals surface area contributed by atoms with Gasteiger partial charge in [-0.15, -0.1) is 22.7 Å². The smallest absolute Gasteiger partial charge is 0.296 e. The minimum absolute atomic E-state index is 0.0632. The molecule has 146 valence electrons. The lowest BCUT2D eigenvalue weighted by Crippen LogP contribution is -2.31. The number of phenols is 1. The van der Waals surface area contributed by atoms with Crippen molar-refractivity contribution in [3.63, 3.8) is 0 Å². The highest BCUT2D eigenvalue weighted by molar-refractivity contribution is 7.14. The van der Waals surface area contributed by atoms with E-state index in [-0.39, 0.29) is 32.6 Å². The first-order chi connectivity index (χ1) is 13.9. The first-order valence-electron chi connectivity index (χ1n) is 8.12. The maximum Gasteiger partial charge on any atom is 0.296 e. The van der Waals surface area contributed by atoms with Crippen molar-refractivity contribution >= 4 is 45.2 Å². The second-order valence-corrected chi connectivity index (χ2v) is 7.78. The summed E-state index contributed by atoms with van der Waals surface area (Å²) in [6.07, 6.45) is 1.44. The monoisotopic (exact) mass is 429 g/mol. The molecular weight excluding hydrogens is 418 g/mol. The van der Waals surface area contributed by atoms with Crippen LogP contribution in [0.5, 0.6) is 5.75 Å². The summed E-state index contributed by atoms with van der Waals surface area (Å²) in [4.78, 5) is 41.9. The van der Waals surface area contributed by atoms with Gasteiger partial charge in [-0.1, -0.05) is 6.07 Å². The quantitative estimate of drug-likeness (QED) is 0.359. The molecule has 29 heavy (non-hydrogen) atoms. The van der Waals surface area contributed by atoms with Crippen LogP contribution in [0, 0.1) is 10.1 Å². The normalized spacial score (nSPS) is 16.5. The van der Waals surface area contributed by atoms with Gasteiger partial charge in [0.25, 0.3) is 11.6 Å². The molecule has 0 radical (unpaired) electrons. The average Bonchev–Trinajstić information content (AvgIpc) is 3.44. The van der Waals surface area contributed by atoms with E-state index in [9.17, 15) is 29.9 Å². The number of benzene rings is 1. The predicted octanol–water partition coefficient (Wildman–Crippen LogP) is 3.60. The lowest BCUT2D eigenvalue weighted by molar-refractivity contribution is -0.385. The van der Waals surface area contributed by atoms with E-state index in [1.165, 1.54) is 12.3 Å². The number of anilines is 1. The zero-order valence-corrected chi connectivity index (χ0v) is 16.0. The van der Waals surface area contributed by atoms with Crippen molar-refractivity contribution in [3.8, 4) is 5.75 Å². The molecule has 3 aromatic rings. The van der Waals surface area contributed by atoms with E-state index in [0.29, 0.717) is 0 Å². The van der Waals surface area contributed by atoms with Gasteiger partial charge >= 0.3 is 0 Å². The van der Waals surface area contributed by atoms with Crippen molar-refractivity contribution in [2.45, 2.75) is 6.04 Å². The number of non-ortho nitro benzene ring substituents is 1. The number of aliphatic hydroxyl groups excluding tert-OH is 1. The van der Waals surface area contributed by atoms with Crippen molar-refractivity contribution < 1.29 is 24.7 Å². The molecule has 0 fully saturated rings. The molecule has 0 saturated heterocycles. The van der Waals surface area contributed by atoms with Gasteiger partial charge in [-0.25, -0.2) is 4.98 Å². The summed E-state index contributed by atoms with van der Waals surface area (Å²) in [5.41, 5.74) is -0.672. The first kappa shape index (κ1) is 18.8. The minimum Gasteiger partial charge on any atom is -0.508 e. The zero-order valence-electron chi connectivity index (χ0n) is 14.4. The molecule has 4 rings (SSSR count). The Kier molecular flexibility index (Phi) is 4.60. The number of aromatic nitrogens is 1. The Morgan fingerprint density at radius 2 is 2.00 bits per heavy atom. The van der Waals surface area contributed by atoms with Crippen LogP contribution in [-0.2, 0) is 4.79 Å². The molecule has 1 atom stereocenters. The summed E-state index contributed by atoms with van der Waals surface area (Å²) in [5.74, 6) is -2.63. The van der Waals surface area contributed by atoms with Gasteiger partial charge in [0.15, 0.2) is 10.9 Å². The Balaban J connectivity index is 1.94. The number of thiophene rings is 1. The average molecular weight is 429 g/mol. The SMILES string of the molecule is O=C(C1=C(O)C(=O)N(c2nccs2)[C@H]1c1cc([N+](=O)[O-])ccc1O)c1cccs1. The van der Waals surface area contributed by atoms with Crippen LogP contribution in [0.2, 0.25) is 0 Å². The zero-order chi connectivity index (χ0) is 20.7. The molecule has 0 aliphatic carbocycles. The molecule has 0 unspecified atom stereocenters. The number of carbonyl (C=O) groups excluding carboxylic acids is 2. The van der Waals surface area contributed by atoms with Crippen LogP contribution in [-0.4, -0.2) is 31.8 Å². The molecule has 1 amide bonds. The van der Waals surface area contributed by atoms with Gasteiger partial charge in [0.1, 0.15) is 11.8 Å². The Labute approximate surface area is 170 Å². The number of carbonyl (C=O) groups is 2. The fourth-order valence-electron chi connectivity index (χ4n) is 3.08. The maximum absolute atomic E-state index is 13.1. The van der Waals surface area contributed by atoms with Crippen LogP contribution in [0.25, 0.3) is 0 Å². The third-order valence-electron chi connectivity index (χ3n) is 4.34. The van der Waals surface area contributed by atoms with Gasteiger partial charge in [-0.3, -0.25) is 24.6 Å². The number of aliphatic hydroxyl groups is 1. The van der Waals surface area contributed by atoms with E-state index < -0.39 is 28.4 Å². The summed E-state index contributed by atoms with van der Waals surface area (Å²) in [6.45, 7) is 0. The van der Waals surface area contributed by atoms with Gasteiger partial charge < -0.3 is 10.2 Å². The van der Waals surface area contributed by atoms with Gasteiger partial charge in [0.2, 0.25) is 5.78 Å². The molecular formula is C18H11N3O6S2. The number of ketones is 1. The Morgan fingerprint density at radius 3 is 2.62 bits per heavy atom. The number of nitrogens with zero attached hydrogens (tertiary/aromatic N) is 3. The van der Waals surface area contributed by atoms with Crippen LogP contribution in [0.1, 0.15) is 21.3 Å². The standard InChI is InChI=1S/C18H11N3O6S2/c22-11-4-3-9(21(26)27)8-10(11)14-13(15(23)12-2-1-6-28-12)16(24)17(25)20(14)18-19-5-7-29-18/h1-8,14,22,24H/t14-/m0/s1. The van der Waals surface area contributed by atoms with E-state index in [1.54, 1.807) is 16.8 Å². The number of hydrogen-bond acceptors (Lipinski definition) is 9. The molecule has 1 aliphatic rings. The Hall–Kier alpha value is -3.57. The number of phenolic OH excluding ortho intramolecular Hbond substituents is 1. The van der Waals surface area contributed by atoms with Gasteiger partial charge in [-0.05, 0) is 17.5 Å². The number of thiazole rings is 1. The van der Waals surface area contributed by atoms with E-state index in [0.717, 1.165) is 45.8 Å². The summed E-state index contributed by atoms with van der Waals surface area (Å²) in [7, 11) is 0. The number of Topliss-reactive ketones (excluding diaryl/α,β-unsaturated/α-hetero) is 1. The van der Waals surface area contributed by atoms with Crippen LogP contribution in [0.4, 0.5) is 10.8 Å². The summed E-state index contributed by atoms with van der Waals surface area (Å²) in [5, 5.41) is 35.6. The highest BCUT2D eigenvalue weighted by Gasteiger charge is 2.47. The minimum atomic E-state index is -1.27. The van der Waals surface area contributed by atoms with Crippen molar-refractivity contribution in [2.75, 3.05) is 4.90 Å². The first-order valence-corrected chi connectivity index (χ1v) is 9.87. The predicted molar refractivity (Wildman–Crippen MR) is 105 cm³/mol. The number of aromatic hydroxyl groups is 1. The fraction of sp³-hybridized carbons (Fsp3) is 0.0556. The maximum atomic E-state index is 13.1. The lowest BCUT2D eigenvalue weighted by atomic mass is 9.94.